The SMILES string of the molecule is CC(=O)Oc1ccccc1NC(=O)c1cc2c(n(Cc3ccc(Cl)cc3)c1=O)CCCCCC2. The molecule has 0 radical (unpaired) electrons. The van der Waals surface area contributed by atoms with Gasteiger partial charge >= 0.3 is 5.97 Å². The molecule has 1 amide bonds. The van der Waals surface area contributed by atoms with Crippen molar-refractivity contribution in [1.29, 1.82) is 0 Å². The average Bonchev–Trinajstić information content (AvgIpc) is 2.79. The highest BCUT2D eigenvalue weighted by atomic mass is 35.5. The molecule has 0 aliphatic heterocycles. The standard InChI is InChI=1S/C27H27ClN2O4/c1-18(31)34-25-11-7-6-9-23(25)29-26(32)22-16-20-8-4-2-3-5-10-24(20)30(27(22)33)17-19-12-14-21(28)15-13-19/h6-7,9,11-16H,2-5,8,10,17H2,1H3,(H,29,32). The molecular formula is C27H27ClN2O4. The summed E-state index contributed by atoms with van der Waals surface area (Å²) in [6.45, 7) is 1.66. The Bertz CT molecular complexity index is 1260. The van der Waals surface area contributed by atoms with Crippen LogP contribution in [0, 0.1) is 0 Å². The Balaban J connectivity index is 1.74. The van der Waals surface area contributed by atoms with E-state index < -0.39 is 11.9 Å². The quantitative estimate of drug-likeness (QED) is 0.394. The van der Waals surface area contributed by atoms with Crippen molar-refractivity contribution in [3.05, 3.63) is 92.4 Å². The Morgan fingerprint density at radius 2 is 1.71 bits per heavy atom. The minimum Gasteiger partial charge on any atom is -0.424 e. The van der Waals surface area contributed by atoms with Gasteiger partial charge in [0, 0.05) is 17.6 Å². The van der Waals surface area contributed by atoms with Crippen LogP contribution in [0.2, 0.25) is 5.02 Å². The fourth-order valence-corrected chi connectivity index (χ4v) is 4.47. The van der Waals surface area contributed by atoms with Crippen molar-refractivity contribution in [1.82, 2.24) is 4.57 Å². The smallest absolute Gasteiger partial charge is 0.308 e. The van der Waals surface area contributed by atoms with Crippen molar-refractivity contribution in [2.75, 3.05) is 5.32 Å². The molecule has 0 spiro atoms. The third-order valence-corrected chi connectivity index (χ3v) is 6.24. The van der Waals surface area contributed by atoms with Crippen molar-refractivity contribution in [3.63, 3.8) is 0 Å². The van der Waals surface area contributed by atoms with E-state index in [2.05, 4.69) is 5.32 Å². The topological polar surface area (TPSA) is 77.4 Å². The van der Waals surface area contributed by atoms with Crippen molar-refractivity contribution in [2.24, 2.45) is 0 Å². The lowest BCUT2D eigenvalue weighted by Gasteiger charge is -2.21. The first-order chi connectivity index (χ1) is 16.4. The first kappa shape index (κ1) is 23.8. The maximum Gasteiger partial charge on any atom is 0.308 e. The van der Waals surface area contributed by atoms with Gasteiger partial charge < -0.3 is 14.6 Å². The molecular weight excluding hydrogens is 452 g/mol. The molecule has 0 fully saturated rings. The Morgan fingerprint density at radius 3 is 2.44 bits per heavy atom. The molecule has 1 heterocycles. The van der Waals surface area contributed by atoms with Crippen LogP contribution in [-0.4, -0.2) is 16.4 Å². The number of benzene rings is 2. The predicted octanol–water partition coefficient (Wildman–Crippen LogP) is 5.39. The molecule has 0 saturated carbocycles. The van der Waals surface area contributed by atoms with Gasteiger partial charge in [0.15, 0.2) is 5.75 Å². The van der Waals surface area contributed by atoms with E-state index in [1.165, 1.54) is 6.92 Å². The van der Waals surface area contributed by atoms with Crippen LogP contribution >= 0.6 is 11.6 Å². The van der Waals surface area contributed by atoms with Gasteiger partial charge in [-0.15, -0.1) is 0 Å². The number of esters is 1. The Hall–Kier alpha value is -3.38. The number of hydrogen-bond donors (Lipinski definition) is 1. The summed E-state index contributed by atoms with van der Waals surface area (Å²) in [4.78, 5) is 38.3. The van der Waals surface area contributed by atoms with Crippen LogP contribution < -0.4 is 15.6 Å². The molecule has 0 bridgehead atoms. The van der Waals surface area contributed by atoms with E-state index in [0.29, 0.717) is 17.3 Å². The van der Waals surface area contributed by atoms with E-state index in [9.17, 15) is 14.4 Å². The third kappa shape index (κ3) is 5.57. The number of fused-ring (bicyclic) bond motifs is 1. The summed E-state index contributed by atoms with van der Waals surface area (Å²) in [5.74, 6) is -0.788. The van der Waals surface area contributed by atoms with Gasteiger partial charge in [0.1, 0.15) is 5.56 Å². The second-order valence-electron chi connectivity index (χ2n) is 8.51. The van der Waals surface area contributed by atoms with Gasteiger partial charge in [0.05, 0.1) is 12.2 Å². The second-order valence-corrected chi connectivity index (χ2v) is 8.94. The zero-order chi connectivity index (χ0) is 24.1. The highest BCUT2D eigenvalue weighted by Crippen LogP contribution is 2.25. The molecule has 34 heavy (non-hydrogen) atoms. The van der Waals surface area contributed by atoms with Crippen LogP contribution in [0.5, 0.6) is 5.75 Å². The molecule has 1 N–H and O–H groups in total. The number of carbonyl (C=O) groups excluding carboxylic acids is 2. The van der Waals surface area contributed by atoms with E-state index in [4.69, 9.17) is 16.3 Å². The molecule has 6 nitrogen and oxygen atoms in total. The average molecular weight is 479 g/mol. The highest BCUT2D eigenvalue weighted by Gasteiger charge is 2.21. The van der Waals surface area contributed by atoms with Gasteiger partial charge in [0.25, 0.3) is 11.5 Å². The molecule has 0 saturated heterocycles. The van der Waals surface area contributed by atoms with Gasteiger partial charge in [-0.25, -0.2) is 0 Å². The van der Waals surface area contributed by atoms with Crippen molar-refractivity contribution in [2.45, 2.75) is 52.0 Å². The van der Waals surface area contributed by atoms with Crippen molar-refractivity contribution in [3.8, 4) is 5.75 Å². The van der Waals surface area contributed by atoms with E-state index in [-0.39, 0.29) is 16.9 Å². The zero-order valence-corrected chi connectivity index (χ0v) is 19.9. The number of para-hydroxylation sites is 2. The number of pyridine rings is 1. The number of aromatic nitrogens is 1. The predicted molar refractivity (Wildman–Crippen MR) is 133 cm³/mol. The number of ether oxygens (including phenoxy) is 1. The fourth-order valence-electron chi connectivity index (χ4n) is 4.34. The molecule has 1 aliphatic rings. The summed E-state index contributed by atoms with van der Waals surface area (Å²) in [7, 11) is 0. The van der Waals surface area contributed by atoms with Crippen LogP contribution in [0.25, 0.3) is 0 Å². The summed E-state index contributed by atoms with van der Waals surface area (Å²) in [5.41, 5.74) is 3.04. The van der Waals surface area contributed by atoms with E-state index in [1.54, 1.807) is 47.0 Å². The van der Waals surface area contributed by atoms with Crippen LogP contribution in [0.15, 0.2) is 59.4 Å². The Kier molecular flexibility index (Phi) is 7.48. The van der Waals surface area contributed by atoms with Gasteiger partial charge in [-0.05, 0) is 67.1 Å². The number of carbonyl (C=O) groups is 2. The number of aryl methyl sites for hydroxylation is 1. The number of nitrogens with one attached hydrogen (secondary N) is 1. The highest BCUT2D eigenvalue weighted by molar-refractivity contribution is 6.30. The molecule has 3 aromatic rings. The van der Waals surface area contributed by atoms with Gasteiger partial charge in [0.2, 0.25) is 0 Å². The summed E-state index contributed by atoms with van der Waals surface area (Å²) < 4.78 is 6.93. The molecule has 2 aromatic carbocycles. The molecule has 1 aliphatic carbocycles. The van der Waals surface area contributed by atoms with Gasteiger partial charge in [-0.1, -0.05) is 48.7 Å². The second kappa shape index (κ2) is 10.7. The fraction of sp³-hybridized carbons (Fsp3) is 0.296. The third-order valence-electron chi connectivity index (χ3n) is 5.99. The number of nitrogens with zero attached hydrogens (tertiary/aromatic N) is 1. The molecule has 0 atom stereocenters. The lowest BCUT2D eigenvalue weighted by molar-refractivity contribution is -0.131. The first-order valence-electron chi connectivity index (χ1n) is 11.5. The Morgan fingerprint density at radius 1 is 1.00 bits per heavy atom. The first-order valence-corrected chi connectivity index (χ1v) is 11.9. The summed E-state index contributed by atoms with van der Waals surface area (Å²) in [6, 6.07) is 15.8. The van der Waals surface area contributed by atoms with Crippen LogP contribution in [0.4, 0.5) is 5.69 Å². The minimum absolute atomic E-state index is 0.0749. The summed E-state index contributed by atoms with van der Waals surface area (Å²) >= 11 is 6.04. The largest absolute Gasteiger partial charge is 0.424 e. The molecule has 1 aromatic heterocycles. The zero-order valence-electron chi connectivity index (χ0n) is 19.1. The van der Waals surface area contributed by atoms with Crippen LogP contribution in [0.1, 0.15) is 59.8 Å². The number of halogens is 1. The van der Waals surface area contributed by atoms with Crippen molar-refractivity contribution >= 4 is 29.2 Å². The minimum atomic E-state index is -0.528. The Labute approximate surface area is 203 Å². The molecule has 4 rings (SSSR count). The van der Waals surface area contributed by atoms with E-state index >= 15 is 0 Å². The number of amides is 1. The van der Waals surface area contributed by atoms with Crippen molar-refractivity contribution < 1.29 is 14.3 Å². The monoisotopic (exact) mass is 478 g/mol. The molecule has 0 unspecified atom stereocenters. The lowest BCUT2D eigenvalue weighted by Crippen LogP contribution is -2.33. The maximum absolute atomic E-state index is 13.6. The van der Waals surface area contributed by atoms with Crippen LogP contribution in [0.3, 0.4) is 0 Å². The van der Waals surface area contributed by atoms with Gasteiger partial charge in [-0.2, -0.15) is 0 Å². The number of hydrogen-bond acceptors (Lipinski definition) is 4. The number of rotatable bonds is 5. The molecule has 176 valence electrons. The number of anilines is 1. The normalized spacial score (nSPS) is 13.4. The maximum atomic E-state index is 13.6. The summed E-state index contributed by atoms with van der Waals surface area (Å²) in [5, 5.41) is 3.39. The lowest BCUT2D eigenvalue weighted by atomic mass is 9.95. The van der Waals surface area contributed by atoms with E-state index in [1.807, 2.05) is 12.1 Å². The van der Waals surface area contributed by atoms with Gasteiger partial charge in [-0.3, -0.25) is 14.4 Å². The summed E-state index contributed by atoms with van der Waals surface area (Å²) in [6.07, 6.45) is 5.91. The molecule has 7 heteroatoms. The van der Waals surface area contributed by atoms with E-state index in [0.717, 1.165) is 55.3 Å². The van der Waals surface area contributed by atoms with Crippen LogP contribution in [-0.2, 0) is 24.2 Å².